The summed E-state index contributed by atoms with van der Waals surface area (Å²) < 4.78 is 10.9. The number of ether oxygens (including phenoxy) is 2. The number of hydrogen-bond acceptors (Lipinski definition) is 3. The highest BCUT2D eigenvalue weighted by Gasteiger charge is 2.30. The second-order valence-electron chi connectivity index (χ2n) is 5.53. The van der Waals surface area contributed by atoms with Crippen LogP contribution in [0.2, 0.25) is 0 Å². The zero-order chi connectivity index (χ0) is 14.1. The van der Waals surface area contributed by atoms with Gasteiger partial charge in [0.15, 0.2) is 0 Å². The molecule has 0 saturated carbocycles. The van der Waals surface area contributed by atoms with Crippen LogP contribution in [0.5, 0.6) is 5.75 Å². The van der Waals surface area contributed by atoms with Gasteiger partial charge in [0.1, 0.15) is 5.75 Å². The van der Waals surface area contributed by atoms with Gasteiger partial charge in [0.2, 0.25) is 0 Å². The zero-order valence-electron chi connectivity index (χ0n) is 12.0. The fourth-order valence-electron chi connectivity index (χ4n) is 3.04. The molecule has 1 saturated heterocycles. The molecule has 1 fully saturated rings. The van der Waals surface area contributed by atoms with Gasteiger partial charge in [0, 0.05) is 18.6 Å². The Hall–Kier alpha value is -1.58. The van der Waals surface area contributed by atoms with Crippen molar-refractivity contribution >= 4 is 10.8 Å². The van der Waals surface area contributed by atoms with E-state index in [4.69, 9.17) is 15.2 Å². The molecule has 2 N–H and O–H groups in total. The molecule has 106 valence electrons. The predicted molar refractivity (Wildman–Crippen MR) is 80.9 cm³/mol. The molecule has 0 radical (unpaired) electrons. The summed E-state index contributed by atoms with van der Waals surface area (Å²) in [6.07, 6.45) is 1.29. The van der Waals surface area contributed by atoms with Crippen molar-refractivity contribution in [1.82, 2.24) is 0 Å². The molecule has 2 aromatic carbocycles. The maximum atomic E-state index is 6.43. The van der Waals surface area contributed by atoms with Gasteiger partial charge in [-0.25, -0.2) is 0 Å². The molecule has 1 heterocycles. The summed E-state index contributed by atoms with van der Waals surface area (Å²) in [5, 5.41) is 2.38. The van der Waals surface area contributed by atoms with Gasteiger partial charge in [0.05, 0.1) is 13.2 Å². The first-order valence-electron chi connectivity index (χ1n) is 7.14. The fourth-order valence-corrected chi connectivity index (χ4v) is 3.04. The molecular formula is C17H21NO2. The Morgan fingerprint density at radius 2 is 1.95 bits per heavy atom. The van der Waals surface area contributed by atoms with Crippen molar-refractivity contribution in [3.8, 4) is 5.75 Å². The topological polar surface area (TPSA) is 44.5 Å². The van der Waals surface area contributed by atoms with E-state index in [9.17, 15) is 0 Å². The monoisotopic (exact) mass is 271 g/mol. The minimum Gasteiger partial charge on any atom is -0.497 e. The average molecular weight is 271 g/mol. The van der Waals surface area contributed by atoms with Gasteiger partial charge in [-0.2, -0.15) is 0 Å². The summed E-state index contributed by atoms with van der Waals surface area (Å²) in [6, 6.07) is 12.6. The molecular weight excluding hydrogens is 250 g/mol. The summed E-state index contributed by atoms with van der Waals surface area (Å²) in [4.78, 5) is 0. The van der Waals surface area contributed by atoms with E-state index in [1.807, 2.05) is 12.1 Å². The minimum atomic E-state index is 0.0407. The van der Waals surface area contributed by atoms with E-state index in [0.29, 0.717) is 5.92 Å². The summed E-state index contributed by atoms with van der Waals surface area (Å²) in [5.41, 5.74) is 7.62. The summed E-state index contributed by atoms with van der Waals surface area (Å²) >= 11 is 0. The molecule has 3 atom stereocenters. The van der Waals surface area contributed by atoms with E-state index in [2.05, 4.69) is 31.2 Å². The van der Waals surface area contributed by atoms with E-state index < -0.39 is 0 Å². The molecule has 1 aliphatic rings. The van der Waals surface area contributed by atoms with E-state index in [0.717, 1.165) is 18.8 Å². The highest BCUT2D eigenvalue weighted by molar-refractivity contribution is 5.84. The van der Waals surface area contributed by atoms with E-state index in [1.165, 1.54) is 16.3 Å². The van der Waals surface area contributed by atoms with Gasteiger partial charge in [-0.1, -0.05) is 18.2 Å². The lowest BCUT2D eigenvalue weighted by atomic mass is 9.88. The van der Waals surface area contributed by atoms with Gasteiger partial charge in [0.25, 0.3) is 0 Å². The fraction of sp³-hybridized carbons (Fsp3) is 0.412. The third-order valence-electron chi connectivity index (χ3n) is 4.35. The molecule has 3 heteroatoms. The van der Waals surface area contributed by atoms with E-state index >= 15 is 0 Å². The number of methoxy groups -OCH3 is 1. The summed E-state index contributed by atoms with van der Waals surface area (Å²) in [7, 11) is 1.69. The Balaban J connectivity index is 1.92. The van der Waals surface area contributed by atoms with Gasteiger partial charge in [-0.3, -0.25) is 0 Å². The van der Waals surface area contributed by atoms with Crippen LogP contribution in [0.3, 0.4) is 0 Å². The van der Waals surface area contributed by atoms with Crippen LogP contribution in [-0.2, 0) is 4.74 Å². The number of fused-ring (bicyclic) bond motifs is 1. The second-order valence-corrected chi connectivity index (χ2v) is 5.53. The second kappa shape index (κ2) is 5.43. The highest BCUT2D eigenvalue weighted by Crippen LogP contribution is 2.33. The number of benzene rings is 2. The van der Waals surface area contributed by atoms with Crippen LogP contribution in [0.25, 0.3) is 10.8 Å². The van der Waals surface area contributed by atoms with Crippen LogP contribution in [-0.4, -0.2) is 19.8 Å². The number of hydrogen-bond donors (Lipinski definition) is 1. The van der Waals surface area contributed by atoms with Gasteiger partial charge < -0.3 is 15.2 Å². The van der Waals surface area contributed by atoms with Crippen molar-refractivity contribution in [2.45, 2.75) is 25.5 Å². The van der Waals surface area contributed by atoms with Gasteiger partial charge in [-0.05, 0) is 47.9 Å². The molecule has 0 aliphatic carbocycles. The minimum absolute atomic E-state index is 0.0407. The lowest BCUT2D eigenvalue weighted by molar-refractivity contribution is 0.0995. The van der Waals surface area contributed by atoms with Crippen molar-refractivity contribution < 1.29 is 9.47 Å². The van der Waals surface area contributed by atoms with Crippen molar-refractivity contribution in [3.05, 3.63) is 42.0 Å². The van der Waals surface area contributed by atoms with Crippen LogP contribution in [0.15, 0.2) is 36.4 Å². The number of nitrogens with two attached hydrogens (primary N) is 1. The zero-order valence-corrected chi connectivity index (χ0v) is 12.0. The van der Waals surface area contributed by atoms with Crippen molar-refractivity contribution in [2.24, 2.45) is 11.7 Å². The highest BCUT2D eigenvalue weighted by atomic mass is 16.5. The Morgan fingerprint density at radius 1 is 1.20 bits per heavy atom. The summed E-state index contributed by atoms with van der Waals surface area (Å²) in [6.45, 7) is 2.94. The van der Waals surface area contributed by atoms with Crippen LogP contribution >= 0.6 is 0 Å². The first kappa shape index (κ1) is 13.4. The largest absolute Gasteiger partial charge is 0.497 e. The smallest absolute Gasteiger partial charge is 0.119 e. The Kier molecular flexibility index (Phi) is 3.64. The SMILES string of the molecule is COc1ccc2cc(C(N)C3CCOC3C)ccc2c1. The number of rotatable bonds is 3. The molecule has 1 aliphatic heterocycles. The third-order valence-corrected chi connectivity index (χ3v) is 4.35. The first-order valence-corrected chi connectivity index (χ1v) is 7.14. The van der Waals surface area contributed by atoms with Crippen molar-refractivity contribution in [3.63, 3.8) is 0 Å². The molecule has 3 rings (SSSR count). The molecule has 0 amide bonds. The molecule has 3 unspecified atom stereocenters. The maximum absolute atomic E-state index is 6.43. The lowest BCUT2D eigenvalue weighted by Gasteiger charge is -2.22. The molecule has 20 heavy (non-hydrogen) atoms. The molecule has 0 spiro atoms. The van der Waals surface area contributed by atoms with Crippen LogP contribution in [0.1, 0.15) is 24.9 Å². The van der Waals surface area contributed by atoms with Crippen molar-refractivity contribution in [2.75, 3.05) is 13.7 Å². The first-order chi connectivity index (χ1) is 9.69. The standard InChI is InChI=1S/C17H21NO2/c1-11-16(7-8-20-11)17(18)14-4-3-13-10-15(19-2)6-5-12(13)9-14/h3-6,9-11,16-17H,7-8,18H2,1-2H3. The molecule has 2 aromatic rings. The Labute approximate surface area is 119 Å². The van der Waals surface area contributed by atoms with E-state index in [-0.39, 0.29) is 12.1 Å². The normalized spacial score (nSPS) is 23.9. The molecule has 0 bridgehead atoms. The quantitative estimate of drug-likeness (QED) is 0.931. The van der Waals surface area contributed by atoms with E-state index in [1.54, 1.807) is 7.11 Å². The van der Waals surface area contributed by atoms with Crippen LogP contribution in [0, 0.1) is 5.92 Å². The Bertz CT molecular complexity index is 611. The molecule has 3 nitrogen and oxygen atoms in total. The maximum Gasteiger partial charge on any atom is 0.119 e. The van der Waals surface area contributed by atoms with Crippen LogP contribution in [0.4, 0.5) is 0 Å². The predicted octanol–water partition coefficient (Wildman–Crippen LogP) is 3.27. The summed E-state index contributed by atoms with van der Waals surface area (Å²) in [5.74, 6) is 1.29. The van der Waals surface area contributed by atoms with Gasteiger partial charge >= 0.3 is 0 Å². The Morgan fingerprint density at radius 3 is 2.65 bits per heavy atom. The lowest BCUT2D eigenvalue weighted by Crippen LogP contribution is -2.26. The van der Waals surface area contributed by atoms with Gasteiger partial charge in [-0.15, -0.1) is 0 Å². The average Bonchev–Trinajstić information content (AvgIpc) is 2.91. The van der Waals surface area contributed by atoms with Crippen molar-refractivity contribution in [1.29, 1.82) is 0 Å². The molecule has 0 aromatic heterocycles. The third kappa shape index (κ3) is 2.39. The van der Waals surface area contributed by atoms with Crippen LogP contribution < -0.4 is 10.5 Å².